The van der Waals surface area contributed by atoms with E-state index >= 15 is 0 Å². The minimum Gasteiger partial charge on any atom is -0.326 e. The highest BCUT2D eigenvalue weighted by atomic mass is 15.0. The van der Waals surface area contributed by atoms with Gasteiger partial charge in [0.2, 0.25) is 0 Å². The third kappa shape index (κ3) is 1.14. The molecule has 0 radical (unpaired) electrons. The first kappa shape index (κ1) is 5.06. The largest absolute Gasteiger partial charge is 0.326 e. The molecule has 1 aliphatic heterocycles. The fourth-order valence-corrected chi connectivity index (χ4v) is 0.973. The Morgan fingerprint density at radius 2 is 2.43 bits per heavy atom. The van der Waals surface area contributed by atoms with Gasteiger partial charge in [0.25, 0.3) is 0 Å². The lowest BCUT2D eigenvalue weighted by Gasteiger charge is -1.96. The van der Waals surface area contributed by atoms with E-state index in [1.807, 2.05) is 0 Å². The van der Waals surface area contributed by atoms with Crippen molar-refractivity contribution in [2.45, 2.75) is 25.4 Å². The molecule has 0 unspecified atom stereocenters. The highest BCUT2D eigenvalue weighted by Crippen LogP contribution is 2.01. The molecule has 0 bridgehead atoms. The first-order valence-electron chi connectivity index (χ1n) is 2.78. The molecule has 2 nitrogen and oxygen atoms in total. The van der Waals surface area contributed by atoms with Gasteiger partial charge in [-0.05, 0) is 13.3 Å². The standard InChI is InChI=1S/C5H12N2/c1-4-2-5(6)3-7-4/h4-5,7H,2-3,6H2,1H3/t4-,5-/m0/s1. The highest BCUT2D eigenvalue weighted by molar-refractivity contribution is 4.79. The van der Waals surface area contributed by atoms with E-state index in [9.17, 15) is 0 Å². The molecular weight excluding hydrogens is 88.1 g/mol. The number of nitrogens with two attached hydrogens (primary N) is 1. The molecule has 1 saturated heterocycles. The fourth-order valence-electron chi connectivity index (χ4n) is 0.973. The second-order valence-electron chi connectivity index (χ2n) is 2.31. The van der Waals surface area contributed by atoms with Crippen LogP contribution in [0.5, 0.6) is 0 Å². The maximum absolute atomic E-state index is 5.56. The van der Waals surface area contributed by atoms with Crippen LogP contribution in [0.15, 0.2) is 0 Å². The second-order valence-corrected chi connectivity index (χ2v) is 2.31. The first-order chi connectivity index (χ1) is 3.29. The summed E-state index contributed by atoms with van der Waals surface area (Å²) in [6, 6.07) is 1.06. The number of hydrogen-bond acceptors (Lipinski definition) is 2. The van der Waals surface area contributed by atoms with Gasteiger partial charge in [0, 0.05) is 18.6 Å². The Morgan fingerprint density at radius 3 is 2.57 bits per heavy atom. The number of hydrogen-bond donors (Lipinski definition) is 2. The van der Waals surface area contributed by atoms with Gasteiger partial charge in [0.05, 0.1) is 0 Å². The summed E-state index contributed by atoms with van der Waals surface area (Å²) in [6.45, 7) is 3.16. The minimum atomic E-state index is 0.412. The quantitative estimate of drug-likeness (QED) is 0.438. The van der Waals surface area contributed by atoms with Gasteiger partial charge in [-0.25, -0.2) is 0 Å². The SMILES string of the molecule is C[C@H]1C[C@H](N)CN1. The molecule has 0 aliphatic carbocycles. The molecule has 0 amide bonds. The van der Waals surface area contributed by atoms with E-state index in [2.05, 4.69) is 12.2 Å². The zero-order valence-corrected chi connectivity index (χ0v) is 4.65. The van der Waals surface area contributed by atoms with E-state index in [1.54, 1.807) is 0 Å². The Morgan fingerprint density at radius 1 is 1.71 bits per heavy atom. The van der Waals surface area contributed by atoms with E-state index in [0.29, 0.717) is 12.1 Å². The number of nitrogens with one attached hydrogen (secondary N) is 1. The Balaban J connectivity index is 2.26. The molecule has 2 atom stereocenters. The summed E-state index contributed by atoms with van der Waals surface area (Å²) in [7, 11) is 0. The van der Waals surface area contributed by atoms with E-state index in [4.69, 9.17) is 5.73 Å². The topological polar surface area (TPSA) is 38.0 Å². The van der Waals surface area contributed by atoms with Crippen molar-refractivity contribution in [2.75, 3.05) is 6.54 Å². The molecule has 42 valence electrons. The van der Waals surface area contributed by atoms with Gasteiger partial charge in [-0.1, -0.05) is 0 Å². The third-order valence-electron chi connectivity index (χ3n) is 1.38. The lowest BCUT2D eigenvalue weighted by molar-refractivity contribution is 0.657. The van der Waals surface area contributed by atoms with Crippen molar-refractivity contribution in [3.8, 4) is 0 Å². The van der Waals surface area contributed by atoms with Crippen LogP contribution in [0.3, 0.4) is 0 Å². The lowest BCUT2D eigenvalue weighted by atomic mass is 10.2. The van der Waals surface area contributed by atoms with E-state index in [0.717, 1.165) is 13.0 Å². The molecule has 1 fully saturated rings. The molecule has 1 heterocycles. The van der Waals surface area contributed by atoms with Crippen LogP contribution in [0, 0.1) is 0 Å². The molecule has 0 aromatic rings. The number of rotatable bonds is 0. The van der Waals surface area contributed by atoms with Crippen LogP contribution in [0.25, 0.3) is 0 Å². The van der Waals surface area contributed by atoms with Crippen molar-refractivity contribution < 1.29 is 0 Å². The first-order valence-corrected chi connectivity index (χ1v) is 2.78. The summed E-state index contributed by atoms with van der Waals surface area (Å²) in [5.74, 6) is 0. The smallest absolute Gasteiger partial charge is 0.0180 e. The molecular formula is C5H12N2. The molecule has 1 aliphatic rings. The van der Waals surface area contributed by atoms with E-state index in [-0.39, 0.29) is 0 Å². The van der Waals surface area contributed by atoms with Gasteiger partial charge < -0.3 is 11.1 Å². The molecule has 0 aromatic heterocycles. The molecule has 0 aromatic carbocycles. The monoisotopic (exact) mass is 100 g/mol. The van der Waals surface area contributed by atoms with Gasteiger partial charge >= 0.3 is 0 Å². The molecule has 0 spiro atoms. The van der Waals surface area contributed by atoms with Crippen molar-refractivity contribution in [3.63, 3.8) is 0 Å². The van der Waals surface area contributed by atoms with Gasteiger partial charge in [-0.15, -0.1) is 0 Å². The van der Waals surface area contributed by atoms with Crippen LogP contribution >= 0.6 is 0 Å². The van der Waals surface area contributed by atoms with Gasteiger partial charge in [0.1, 0.15) is 0 Å². The molecule has 0 saturated carbocycles. The summed E-state index contributed by atoms with van der Waals surface area (Å²) in [4.78, 5) is 0. The van der Waals surface area contributed by atoms with Crippen LogP contribution in [-0.4, -0.2) is 18.6 Å². The summed E-state index contributed by atoms with van der Waals surface area (Å²) in [5.41, 5.74) is 5.56. The van der Waals surface area contributed by atoms with E-state index in [1.165, 1.54) is 0 Å². The highest BCUT2D eigenvalue weighted by Gasteiger charge is 2.15. The lowest BCUT2D eigenvalue weighted by Crippen LogP contribution is -2.22. The van der Waals surface area contributed by atoms with Crippen LogP contribution < -0.4 is 11.1 Å². The zero-order valence-electron chi connectivity index (χ0n) is 4.65. The Labute approximate surface area is 44.1 Å². The summed E-state index contributed by atoms with van der Waals surface area (Å²) >= 11 is 0. The second kappa shape index (κ2) is 1.80. The normalized spacial score (nSPS) is 42.0. The van der Waals surface area contributed by atoms with Crippen LogP contribution in [0.1, 0.15) is 13.3 Å². The summed E-state index contributed by atoms with van der Waals surface area (Å²) in [6.07, 6.45) is 1.14. The van der Waals surface area contributed by atoms with Crippen LogP contribution in [0.4, 0.5) is 0 Å². The predicted octanol–water partition coefficient (Wildman–Crippen LogP) is -0.305. The van der Waals surface area contributed by atoms with E-state index < -0.39 is 0 Å². The van der Waals surface area contributed by atoms with Crippen molar-refractivity contribution in [1.29, 1.82) is 0 Å². The Hall–Kier alpha value is -0.0800. The molecule has 2 heteroatoms. The van der Waals surface area contributed by atoms with Crippen molar-refractivity contribution in [2.24, 2.45) is 5.73 Å². The maximum Gasteiger partial charge on any atom is 0.0180 e. The predicted molar refractivity (Wildman–Crippen MR) is 30.1 cm³/mol. The van der Waals surface area contributed by atoms with Crippen molar-refractivity contribution in [3.05, 3.63) is 0 Å². The Bertz CT molecular complexity index is 55.1. The minimum absolute atomic E-state index is 0.412. The fraction of sp³-hybridized carbons (Fsp3) is 1.00. The summed E-state index contributed by atoms with van der Waals surface area (Å²) in [5, 5.41) is 3.24. The maximum atomic E-state index is 5.56. The van der Waals surface area contributed by atoms with Crippen LogP contribution in [-0.2, 0) is 0 Å². The molecule has 1 rings (SSSR count). The van der Waals surface area contributed by atoms with Gasteiger partial charge in [-0.3, -0.25) is 0 Å². The average molecular weight is 100 g/mol. The molecule has 7 heavy (non-hydrogen) atoms. The average Bonchev–Trinajstić information content (AvgIpc) is 1.87. The molecule has 3 N–H and O–H groups in total. The van der Waals surface area contributed by atoms with Crippen molar-refractivity contribution >= 4 is 0 Å². The van der Waals surface area contributed by atoms with Crippen molar-refractivity contribution in [1.82, 2.24) is 5.32 Å². The van der Waals surface area contributed by atoms with Gasteiger partial charge in [-0.2, -0.15) is 0 Å². The third-order valence-corrected chi connectivity index (χ3v) is 1.38. The Kier molecular flexibility index (Phi) is 1.30. The summed E-state index contributed by atoms with van der Waals surface area (Å²) < 4.78 is 0. The zero-order chi connectivity index (χ0) is 5.28. The van der Waals surface area contributed by atoms with Gasteiger partial charge in [0.15, 0.2) is 0 Å². The van der Waals surface area contributed by atoms with Crippen LogP contribution in [0.2, 0.25) is 0 Å².